The third kappa shape index (κ3) is 5.48. The summed E-state index contributed by atoms with van der Waals surface area (Å²) in [7, 11) is 1.55. The van der Waals surface area contributed by atoms with Gasteiger partial charge in [0.1, 0.15) is 0 Å². The molecular formula is C15H17N5O5S. The number of hydrogen-bond donors (Lipinski definition) is 3. The number of rotatable bonds is 8. The summed E-state index contributed by atoms with van der Waals surface area (Å²) in [6.07, 6.45) is 1.45. The lowest BCUT2D eigenvalue weighted by molar-refractivity contribution is -0.118. The smallest absolute Gasteiger partial charge is 0.342 e. The number of ether oxygens (including phenoxy) is 2. The molecule has 1 amide bonds. The van der Waals surface area contributed by atoms with E-state index in [0.717, 1.165) is 11.8 Å². The Labute approximate surface area is 152 Å². The summed E-state index contributed by atoms with van der Waals surface area (Å²) in [6.45, 7) is 2.35. The summed E-state index contributed by atoms with van der Waals surface area (Å²) >= 11 is 0.877. The van der Waals surface area contributed by atoms with Gasteiger partial charge in [0.25, 0.3) is 5.56 Å². The molecule has 0 aliphatic rings. The number of aromatic amines is 2. The van der Waals surface area contributed by atoms with Crippen molar-refractivity contribution in [2.45, 2.75) is 11.9 Å². The van der Waals surface area contributed by atoms with Gasteiger partial charge in [-0.05, 0) is 30.7 Å². The van der Waals surface area contributed by atoms with E-state index in [2.05, 4.69) is 20.7 Å². The predicted octanol–water partition coefficient (Wildman–Crippen LogP) is 0.108. The minimum absolute atomic E-state index is 0.0137. The first-order chi connectivity index (χ1) is 12.5. The van der Waals surface area contributed by atoms with Crippen molar-refractivity contribution in [3.8, 4) is 11.5 Å². The molecular weight excluding hydrogens is 362 g/mol. The second kappa shape index (κ2) is 9.42. The van der Waals surface area contributed by atoms with Crippen molar-refractivity contribution in [2.24, 2.45) is 5.10 Å². The maximum atomic E-state index is 11.8. The SMILES string of the molecule is CCOc1cc(/C=N/NC(=O)CSc2n[nH]c(=O)[nH]c2=O)ccc1OC. The molecule has 138 valence electrons. The van der Waals surface area contributed by atoms with Gasteiger partial charge in [0.2, 0.25) is 5.91 Å². The number of nitrogens with one attached hydrogen (secondary N) is 3. The number of methoxy groups -OCH3 is 1. The zero-order valence-corrected chi connectivity index (χ0v) is 14.9. The van der Waals surface area contributed by atoms with E-state index >= 15 is 0 Å². The fraction of sp³-hybridized carbons (Fsp3) is 0.267. The number of aromatic nitrogens is 3. The molecule has 3 N–H and O–H groups in total. The first-order valence-corrected chi connectivity index (χ1v) is 8.46. The van der Waals surface area contributed by atoms with Crippen LogP contribution < -0.4 is 26.1 Å². The zero-order chi connectivity index (χ0) is 18.9. The predicted molar refractivity (Wildman–Crippen MR) is 96.1 cm³/mol. The fourth-order valence-corrected chi connectivity index (χ4v) is 2.45. The average molecular weight is 379 g/mol. The number of hydrazone groups is 1. The molecule has 1 aromatic heterocycles. The number of benzene rings is 1. The van der Waals surface area contributed by atoms with Gasteiger partial charge >= 0.3 is 5.69 Å². The molecule has 10 nitrogen and oxygen atoms in total. The molecule has 0 radical (unpaired) electrons. The number of nitrogens with zero attached hydrogens (tertiary/aromatic N) is 2. The zero-order valence-electron chi connectivity index (χ0n) is 14.1. The van der Waals surface area contributed by atoms with Crippen LogP contribution in [0.2, 0.25) is 0 Å². The summed E-state index contributed by atoms with van der Waals surface area (Å²) in [5.41, 5.74) is 1.68. The normalized spacial score (nSPS) is 10.7. The second-order valence-electron chi connectivity index (χ2n) is 4.74. The molecule has 11 heteroatoms. The van der Waals surface area contributed by atoms with Crippen LogP contribution >= 0.6 is 11.8 Å². The summed E-state index contributed by atoms with van der Waals surface area (Å²) in [6, 6.07) is 5.23. The van der Waals surface area contributed by atoms with E-state index in [1.165, 1.54) is 6.21 Å². The number of H-pyrrole nitrogens is 2. The van der Waals surface area contributed by atoms with Crippen LogP contribution in [0.25, 0.3) is 0 Å². The highest BCUT2D eigenvalue weighted by Crippen LogP contribution is 2.27. The van der Waals surface area contributed by atoms with Crippen molar-refractivity contribution in [1.29, 1.82) is 0 Å². The maximum absolute atomic E-state index is 11.8. The maximum Gasteiger partial charge on any atom is 0.342 e. The summed E-state index contributed by atoms with van der Waals surface area (Å²) < 4.78 is 10.6. The molecule has 0 fully saturated rings. The largest absolute Gasteiger partial charge is 0.493 e. The van der Waals surface area contributed by atoms with Gasteiger partial charge in [0.05, 0.1) is 25.7 Å². The molecule has 2 rings (SSSR count). The quantitative estimate of drug-likeness (QED) is 0.336. The highest BCUT2D eigenvalue weighted by molar-refractivity contribution is 7.99. The number of thioether (sulfide) groups is 1. The summed E-state index contributed by atoms with van der Waals surface area (Å²) in [5, 5.41) is 9.48. The Balaban J connectivity index is 1.91. The molecule has 0 aliphatic heterocycles. The van der Waals surface area contributed by atoms with Crippen LogP contribution in [-0.2, 0) is 4.79 Å². The first-order valence-electron chi connectivity index (χ1n) is 7.48. The van der Waals surface area contributed by atoms with Crippen molar-refractivity contribution in [3.63, 3.8) is 0 Å². The van der Waals surface area contributed by atoms with Gasteiger partial charge in [0, 0.05) is 0 Å². The third-order valence-corrected chi connectivity index (χ3v) is 3.87. The van der Waals surface area contributed by atoms with E-state index in [0.29, 0.717) is 23.7 Å². The van der Waals surface area contributed by atoms with Gasteiger partial charge in [-0.15, -0.1) is 0 Å². The van der Waals surface area contributed by atoms with Crippen LogP contribution in [0, 0.1) is 0 Å². The standard InChI is InChI=1S/C15H17N5O5S/c1-3-25-11-6-9(4-5-10(11)24-2)7-16-18-12(21)8-26-14-13(22)17-15(23)20-19-14/h4-7H,3,8H2,1-2H3,(H,18,21)(H2,17,20,22,23)/b16-7+. The van der Waals surface area contributed by atoms with Crippen LogP contribution in [0.5, 0.6) is 11.5 Å². The Bertz CT molecular complexity index is 908. The number of amides is 1. The van der Waals surface area contributed by atoms with E-state index in [1.807, 2.05) is 11.9 Å². The van der Waals surface area contributed by atoms with Crippen molar-refractivity contribution >= 4 is 23.9 Å². The molecule has 0 spiro atoms. The van der Waals surface area contributed by atoms with Crippen LogP contribution in [0.3, 0.4) is 0 Å². The lowest BCUT2D eigenvalue weighted by Gasteiger charge is -2.09. The highest BCUT2D eigenvalue weighted by atomic mass is 32.2. The van der Waals surface area contributed by atoms with E-state index < -0.39 is 17.2 Å². The first kappa shape index (κ1) is 19.2. The van der Waals surface area contributed by atoms with E-state index in [1.54, 1.807) is 25.3 Å². The fourth-order valence-electron chi connectivity index (χ4n) is 1.82. The van der Waals surface area contributed by atoms with Gasteiger partial charge in [-0.1, -0.05) is 11.8 Å². The van der Waals surface area contributed by atoms with Crippen molar-refractivity contribution < 1.29 is 14.3 Å². The van der Waals surface area contributed by atoms with E-state index in [9.17, 15) is 14.4 Å². The Hall–Kier alpha value is -3.08. The lowest BCUT2D eigenvalue weighted by Crippen LogP contribution is -2.26. The van der Waals surface area contributed by atoms with Crippen LogP contribution in [-0.4, -0.2) is 46.8 Å². The molecule has 0 atom stereocenters. The molecule has 0 bridgehead atoms. The van der Waals surface area contributed by atoms with Crippen LogP contribution in [0.1, 0.15) is 12.5 Å². The topological polar surface area (TPSA) is 139 Å². The van der Waals surface area contributed by atoms with Gasteiger partial charge in [-0.25, -0.2) is 15.3 Å². The van der Waals surface area contributed by atoms with Crippen LogP contribution in [0.15, 0.2) is 37.9 Å². The minimum Gasteiger partial charge on any atom is -0.493 e. The monoisotopic (exact) mass is 379 g/mol. The second-order valence-corrected chi connectivity index (χ2v) is 5.70. The number of carbonyl (C=O) groups is 1. The molecule has 0 saturated carbocycles. The minimum atomic E-state index is -0.709. The van der Waals surface area contributed by atoms with E-state index in [4.69, 9.17) is 9.47 Å². The van der Waals surface area contributed by atoms with Gasteiger partial charge < -0.3 is 9.47 Å². The highest BCUT2D eigenvalue weighted by Gasteiger charge is 2.07. The van der Waals surface area contributed by atoms with Crippen molar-refractivity contribution in [3.05, 3.63) is 44.6 Å². The Morgan fingerprint density at radius 3 is 2.88 bits per heavy atom. The third-order valence-electron chi connectivity index (χ3n) is 2.91. The number of hydrogen-bond acceptors (Lipinski definition) is 8. The lowest BCUT2D eigenvalue weighted by atomic mass is 10.2. The van der Waals surface area contributed by atoms with Gasteiger partial charge in [0.15, 0.2) is 16.5 Å². The van der Waals surface area contributed by atoms with Gasteiger partial charge in [-0.3, -0.25) is 14.6 Å². The average Bonchev–Trinajstić information content (AvgIpc) is 2.61. The molecule has 1 aromatic carbocycles. The Kier molecular flexibility index (Phi) is 6.97. The summed E-state index contributed by atoms with van der Waals surface area (Å²) in [4.78, 5) is 36.1. The summed E-state index contributed by atoms with van der Waals surface area (Å²) in [5.74, 6) is 0.649. The molecule has 0 aliphatic carbocycles. The van der Waals surface area contributed by atoms with Crippen molar-refractivity contribution in [1.82, 2.24) is 20.6 Å². The number of carbonyl (C=O) groups excluding carboxylic acids is 1. The Morgan fingerprint density at radius 1 is 1.38 bits per heavy atom. The Morgan fingerprint density at radius 2 is 2.19 bits per heavy atom. The molecule has 2 aromatic rings. The molecule has 26 heavy (non-hydrogen) atoms. The van der Waals surface area contributed by atoms with Crippen molar-refractivity contribution in [2.75, 3.05) is 19.5 Å². The molecule has 1 heterocycles. The van der Waals surface area contributed by atoms with Crippen LogP contribution in [0.4, 0.5) is 0 Å². The molecule has 0 unspecified atom stereocenters. The van der Waals surface area contributed by atoms with Gasteiger partial charge in [-0.2, -0.15) is 10.2 Å². The molecule has 0 saturated heterocycles. The van der Waals surface area contributed by atoms with E-state index in [-0.39, 0.29) is 10.8 Å².